The first-order valence-electron chi connectivity index (χ1n) is 10.8. The molecule has 35 heavy (non-hydrogen) atoms. The number of rotatable bonds is 2. The topological polar surface area (TPSA) is 69.6 Å². The standard InChI is InChI=1S/C17H10NO.C11H7N4.Ir/c1-2-10-16-12(6-1)13-7-5-8-14(17(13)19-16)15-9-3-4-11-18-15;1-2-5-9(6-3-1)15-11-10(13-14-15)7-4-8-12-11;/h1-7,9-11H;1-5,7-8H;/q2*-1;. The Morgan fingerprint density at radius 2 is 1.57 bits per heavy atom. The first-order valence-corrected chi connectivity index (χ1v) is 10.8. The van der Waals surface area contributed by atoms with E-state index < -0.39 is 0 Å². The third kappa shape index (κ3) is 4.35. The Labute approximate surface area is 214 Å². The van der Waals surface area contributed by atoms with Crippen LogP contribution >= 0.6 is 0 Å². The molecule has 0 atom stereocenters. The van der Waals surface area contributed by atoms with E-state index in [1.807, 2.05) is 84.9 Å². The summed E-state index contributed by atoms with van der Waals surface area (Å²) in [5, 5.41) is 10.3. The van der Waals surface area contributed by atoms with Crippen LogP contribution in [0.15, 0.2) is 108 Å². The molecule has 0 unspecified atom stereocenters. The summed E-state index contributed by atoms with van der Waals surface area (Å²) < 4.78 is 7.64. The molecule has 0 aliphatic rings. The molecule has 0 aliphatic heterocycles. The Kier molecular flexibility index (Phi) is 6.44. The summed E-state index contributed by atoms with van der Waals surface area (Å²) >= 11 is 0. The van der Waals surface area contributed by atoms with Gasteiger partial charge in [-0.05, 0) is 35.6 Å². The van der Waals surface area contributed by atoms with Crippen LogP contribution in [0.25, 0.3) is 50.0 Å². The molecule has 1 radical (unpaired) electrons. The Morgan fingerprint density at radius 3 is 2.43 bits per heavy atom. The van der Waals surface area contributed by atoms with Crippen molar-refractivity contribution in [2.24, 2.45) is 0 Å². The molecule has 0 N–H and O–H groups in total. The summed E-state index contributed by atoms with van der Waals surface area (Å²) in [5.41, 5.74) is 5.92. The number of para-hydroxylation sites is 2. The average Bonchev–Trinajstić information content (AvgIpc) is 3.52. The molecule has 0 saturated heterocycles. The molecule has 0 aliphatic carbocycles. The minimum atomic E-state index is 0. The molecule has 7 heteroatoms. The van der Waals surface area contributed by atoms with Crippen molar-refractivity contribution in [3.63, 3.8) is 0 Å². The van der Waals surface area contributed by atoms with E-state index in [0.717, 1.165) is 50.0 Å². The van der Waals surface area contributed by atoms with Gasteiger partial charge in [0, 0.05) is 37.9 Å². The van der Waals surface area contributed by atoms with Crippen LogP contribution in [0.1, 0.15) is 0 Å². The van der Waals surface area contributed by atoms with Gasteiger partial charge in [0.2, 0.25) is 0 Å². The van der Waals surface area contributed by atoms with E-state index in [9.17, 15) is 0 Å². The number of fused-ring (bicyclic) bond motifs is 4. The van der Waals surface area contributed by atoms with Crippen LogP contribution in [0, 0.1) is 12.1 Å². The molecule has 4 heterocycles. The van der Waals surface area contributed by atoms with Gasteiger partial charge < -0.3 is 9.40 Å². The predicted molar refractivity (Wildman–Crippen MR) is 131 cm³/mol. The molecule has 7 aromatic rings. The van der Waals surface area contributed by atoms with E-state index >= 15 is 0 Å². The summed E-state index contributed by atoms with van der Waals surface area (Å²) in [5.74, 6) is 0. The van der Waals surface area contributed by atoms with E-state index in [1.54, 1.807) is 17.1 Å². The fourth-order valence-corrected chi connectivity index (χ4v) is 3.83. The van der Waals surface area contributed by atoms with Crippen molar-refractivity contribution in [2.75, 3.05) is 0 Å². The van der Waals surface area contributed by atoms with Crippen LogP contribution in [0.3, 0.4) is 0 Å². The molecular formula is C28H17IrN5O-2. The molecule has 7 rings (SSSR count). The maximum Gasteiger partial charge on any atom is 0.181 e. The van der Waals surface area contributed by atoms with Gasteiger partial charge in [-0.15, -0.1) is 29.4 Å². The van der Waals surface area contributed by atoms with Crippen LogP contribution in [-0.2, 0) is 20.1 Å². The molecule has 3 aromatic carbocycles. The first kappa shape index (κ1) is 22.6. The number of nitrogens with zero attached hydrogens (tertiary/aromatic N) is 5. The summed E-state index contributed by atoms with van der Waals surface area (Å²) in [7, 11) is 0. The van der Waals surface area contributed by atoms with Gasteiger partial charge in [-0.1, -0.05) is 46.5 Å². The second-order valence-electron chi connectivity index (χ2n) is 7.50. The van der Waals surface area contributed by atoms with Gasteiger partial charge in [-0.3, -0.25) is 0 Å². The van der Waals surface area contributed by atoms with Gasteiger partial charge in [0.1, 0.15) is 11.1 Å². The Bertz CT molecular complexity index is 1710. The van der Waals surface area contributed by atoms with Crippen LogP contribution in [0.2, 0.25) is 0 Å². The zero-order valence-electron chi connectivity index (χ0n) is 18.3. The van der Waals surface area contributed by atoms with E-state index in [1.165, 1.54) is 0 Å². The maximum atomic E-state index is 5.97. The molecule has 0 amide bonds. The second-order valence-corrected chi connectivity index (χ2v) is 7.50. The van der Waals surface area contributed by atoms with Crippen molar-refractivity contribution < 1.29 is 24.5 Å². The number of hydrogen-bond acceptors (Lipinski definition) is 5. The first-order chi connectivity index (χ1) is 16.9. The Morgan fingerprint density at radius 1 is 0.714 bits per heavy atom. The van der Waals surface area contributed by atoms with Crippen molar-refractivity contribution in [1.29, 1.82) is 0 Å². The summed E-state index contributed by atoms with van der Waals surface area (Å²) in [6, 6.07) is 35.5. The maximum absolute atomic E-state index is 5.97. The Hall–Kier alpha value is -4.19. The third-order valence-corrected chi connectivity index (χ3v) is 5.39. The zero-order valence-corrected chi connectivity index (χ0v) is 20.7. The molecule has 171 valence electrons. The minimum absolute atomic E-state index is 0. The SMILES string of the molecule is [Ir].[c-]1ccc2c(oc3ccccc32)c1-c1ccccn1.[c-]1ccccc1-n1nnc2cccnc21. The van der Waals surface area contributed by atoms with Crippen molar-refractivity contribution in [3.8, 4) is 16.9 Å². The van der Waals surface area contributed by atoms with Gasteiger partial charge in [-0.2, -0.15) is 24.3 Å². The van der Waals surface area contributed by atoms with Crippen LogP contribution in [-0.4, -0.2) is 25.0 Å². The second kappa shape index (κ2) is 9.97. The molecule has 6 nitrogen and oxygen atoms in total. The molecule has 0 saturated carbocycles. The largest absolute Gasteiger partial charge is 0.501 e. The normalized spacial score (nSPS) is 10.6. The summed E-state index contributed by atoms with van der Waals surface area (Å²) in [6.07, 6.45) is 3.51. The molecule has 0 bridgehead atoms. The van der Waals surface area contributed by atoms with Crippen LogP contribution < -0.4 is 0 Å². The fraction of sp³-hybridized carbons (Fsp3) is 0. The van der Waals surface area contributed by atoms with Crippen molar-refractivity contribution in [1.82, 2.24) is 25.0 Å². The average molecular weight is 632 g/mol. The van der Waals surface area contributed by atoms with Gasteiger partial charge in [0.05, 0.1) is 5.58 Å². The third-order valence-electron chi connectivity index (χ3n) is 5.39. The van der Waals surface area contributed by atoms with Crippen LogP contribution in [0.5, 0.6) is 0 Å². The number of pyridine rings is 2. The van der Waals surface area contributed by atoms with Crippen LogP contribution in [0.4, 0.5) is 0 Å². The van der Waals surface area contributed by atoms with Gasteiger partial charge in [-0.25, -0.2) is 9.67 Å². The fourth-order valence-electron chi connectivity index (χ4n) is 3.83. The minimum Gasteiger partial charge on any atom is -0.501 e. The number of furan rings is 1. The van der Waals surface area contributed by atoms with Crippen molar-refractivity contribution >= 4 is 33.1 Å². The Balaban J connectivity index is 0.000000145. The molecular weight excluding hydrogens is 615 g/mol. The van der Waals surface area contributed by atoms with E-state index in [-0.39, 0.29) is 20.1 Å². The molecule has 4 aromatic heterocycles. The zero-order chi connectivity index (χ0) is 22.7. The molecule has 0 spiro atoms. The van der Waals surface area contributed by atoms with Gasteiger partial charge >= 0.3 is 0 Å². The number of hydrogen-bond donors (Lipinski definition) is 0. The van der Waals surface area contributed by atoms with Gasteiger partial charge in [0.25, 0.3) is 0 Å². The van der Waals surface area contributed by atoms with Crippen molar-refractivity contribution in [3.05, 3.63) is 116 Å². The van der Waals surface area contributed by atoms with E-state index in [0.29, 0.717) is 0 Å². The summed E-state index contributed by atoms with van der Waals surface area (Å²) in [6.45, 7) is 0. The van der Waals surface area contributed by atoms with E-state index in [4.69, 9.17) is 4.42 Å². The smallest absolute Gasteiger partial charge is 0.181 e. The monoisotopic (exact) mass is 632 g/mol. The quantitative estimate of drug-likeness (QED) is 0.217. The van der Waals surface area contributed by atoms with Crippen molar-refractivity contribution in [2.45, 2.75) is 0 Å². The number of aromatic nitrogens is 5. The molecule has 0 fully saturated rings. The predicted octanol–water partition coefficient (Wildman–Crippen LogP) is 6.06. The summed E-state index contributed by atoms with van der Waals surface area (Å²) in [4.78, 5) is 8.61. The van der Waals surface area contributed by atoms with Gasteiger partial charge in [0.15, 0.2) is 5.65 Å². The van der Waals surface area contributed by atoms with E-state index in [2.05, 4.69) is 38.5 Å². The number of benzene rings is 3.